The molecule has 0 radical (unpaired) electrons. The molecule has 1 aromatic carbocycles. The van der Waals surface area contributed by atoms with Crippen molar-refractivity contribution >= 4 is 11.9 Å². The molecule has 1 amide bonds. The number of para-hydroxylation sites is 1. The highest BCUT2D eigenvalue weighted by molar-refractivity contribution is 5.96. The highest BCUT2D eigenvalue weighted by Gasteiger charge is 2.46. The maximum atomic E-state index is 12.1. The summed E-state index contributed by atoms with van der Waals surface area (Å²) in [5.41, 5.74) is -1.16. The monoisotopic (exact) mass is 301 g/mol. The number of carbonyl (C=O) groups is 2. The molecule has 114 valence electrons. The van der Waals surface area contributed by atoms with Crippen LogP contribution < -0.4 is 10.1 Å². The first kappa shape index (κ1) is 14.2. The van der Waals surface area contributed by atoms with Gasteiger partial charge in [-0.1, -0.05) is 18.2 Å². The van der Waals surface area contributed by atoms with Crippen LogP contribution in [0.3, 0.4) is 0 Å². The number of carboxylic acids is 1. The zero-order valence-corrected chi connectivity index (χ0v) is 11.7. The maximum absolute atomic E-state index is 12.1. The summed E-state index contributed by atoms with van der Waals surface area (Å²) in [6, 6.07) is 12.0. The summed E-state index contributed by atoms with van der Waals surface area (Å²) in [7, 11) is 0. The minimum Gasteiger partial charge on any atom is -0.480 e. The van der Waals surface area contributed by atoms with Gasteiger partial charge in [-0.3, -0.25) is 4.79 Å². The maximum Gasteiger partial charge on any atom is 0.329 e. The van der Waals surface area contributed by atoms with Gasteiger partial charge < -0.3 is 19.6 Å². The summed E-state index contributed by atoms with van der Waals surface area (Å²) in [6.45, 7) is 0. The third kappa shape index (κ3) is 2.67. The standard InChI is InChI=1S/C16H15NO5/c18-14(17-16(15(19)20)9-4-10-16)12-7-8-13(22-12)21-11-5-2-1-3-6-11/h1-3,5-8H,4,9-10H2,(H,17,18)(H,19,20). The number of furan rings is 1. The molecule has 22 heavy (non-hydrogen) atoms. The second-order valence-electron chi connectivity index (χ2n) is 5.23. The first-order valence-corrected chi connectivity index (χ1v) is 6.98. The Hall–Kier alpha value is -2.76. The van der Waals surface area contributed by atoms with E-state index in [4.69, 9.17) is 9.15 Å². The van der Waals surface area contributed by atoms with Gasteiger partial charge in [0.05, 0.1) is 0 Å². The Kier molecular flexibility index (Phi) is 3.58. The topological polar surface area (TPSA) is 88.8 Å². The summed E-state index contributed by atoms with van der Waals surface area (Å²) in [4.78, 5) is 23.3. The molecule has 0 aliphatic heterocycles. The van der Waals surface area contributed by atoms with Gasteiger partial charge in [0.2, 0.25) is 0 Å². The predicted molar refractivity (Wildman–Crippen MR) is 76.9 cm³/mol. The van der Waals surface area contributed by atoms with Gasteiger partial charge in [-0.05, 0) is 37.5 Å². The molecule has 2 aromatic rings. The van der Waals surface area contributed by atoms with Crippen LogP contribution in [0, 0.1) is 0 Å². The summed E-state index contributed by atoms with van der Waals surface area (Å²) in [5.74, 6) is -0.776. The number of hydrogen-bond acceptors (Lipinski definition) is 4. The lowest BCUT2D eigenvalue weighted by atomic mass is 9.76. The van der Waals surface area contributed by atoms with Crippen LogP contribution in [-0.4, -0.2) is 22.5 Å². The SMILES string of the molecule is O=C(NC1(C(=O)O)CCC1)c1ccc(Oc2ccccc2)o1. The van der Waals surface area contributed by atoms with Crippen molar-refractivity contribution < 1.29 is 23.8 Å². The van der Waals surface area contributed by atoms with Gasteiger partial charge in [-0.2, -0.15) is 0 Å². The van der Waals surface area contributed by atoms with E-state index in [9.17, 15) is 14.7 Å². The predicted octanol–water partition coefficient (Wildman–Crippen LogP) is 2.81. The molecule has 0 unspecified atom stereocenters. The number of nitrogens with one attached hydrogen (secondary N) is 1. The second-order valence-corrected chi connectivity index (χ2v) is 5.23. The van der Waals surface area contributed by atoms with Crippen LogP contribution in [0.15, 0.2) is 46.9 Å². The fraction of sp³-hybridized carbons (Fsp3) is 0.250. The molecule has 6 nitrogen and oxygen atoms in total. The van der Waals surface area contributed by atoms with Crippen molar-refractivity contribution in [3.8, 4) is 11.7 Å². The minimum absolute atomic E-state index is 0.0263. The van der Waals surface area contributed by atoms with E-state index in [1.54, 1.807) is 12.1 Å². The Labute approximate surface area is 126 Å². The minimum atomic E-state index is -1.16. The highest BCUT2D eigenvalue weighted by Crippen LogP contribution is 2.32. The summed E-state index contributed by atoms with van der Waals surface area (Å²) in [5, 5.41) is 11.7. The summed E-state index contributed by atoms with van der Waals surface area (Å²) in [6.07, 6.45) is 1.65. The first-order chi connectivity index (χ1) is 10.6. The van der Waals surface area contributed by atoms with E-state index in [0.29, 0.717) is 18.6 Å². The van der Waals surface area contributed by atoms with E-state index in [-0.39, 0.29) is 11.7 Å². The lowest BCUT2D eigenvalue weighted by molar-refractivity contribution is -0.148. The number of aliphatic carboxylic acids is 1. The molecule has 2 N–H and O–H groups in total. The van der Waals surface area contributed by atoms with E-state index < -0.39 is 17.4 Å². The number of rotatable bonds is 5. The van der Waals surface area contributed by atoms with E-state index in [1.165, 1.54) is 12.1 Å². The molecule has 1 fully saturated rings. The van der Waals surface area contributed by atoms with E-state index >= 15 is 0 Å². The average molecular weight is 301 g/mol. The average Bonchev–Trinajstić information content (AvgIpc) is 2.92. The van der Waals surface area contributed by atoms with Gasteiger partial charge in [0.25, 0.3) is 11.9 Å². The number of carbonyl (C=O) groups excluding carboxylic acids is 1. The molecule has 1 aliphatic carbocycles. The van der Waals surface area contributed by atoms with Crippen LogP contribution >= 0.6 is 0 Å². The number of hydrogen-bond donors (Lipinski definition) is 2. The first-order valence-electron chi connectivity index (χ1n) is 6.98. The second kappa shape index (κ2) is 5.55. The molecule has 3 rings (SSSR count). The van der Waals surface area contributed by atoms with Gasteiger partial charge in [0.1, 0.15) is 11.3 Å². The quantitative estimate of drug-likeness (QED) is 0.886. The molecule has 1 heterocycles. The van der Waals surface area contributed by atoms with Crippen LogP contribution in [-0.2, 0) is 4.79 Å². The fourth-order valence-corrected chi connectivity index (χ4v) is 2.30. The van der Waals surface area contributed by atoms with Crippen LogP contribution in [0.2, 0.25) is 0 Å². The highest BCUT2D eigenvalue weighted by atomic mass is 16.6. The van der Waals surface area contributed by atoms with Crippen molar-refractivity contribution in [1.29, 1.82) is 0 Å². The number of ether oxygens (including phenoxy) is 1. The molecular formula is C16H15NO5. The van der Waals surface area contributed by atoms with Crippen LogP contribution in [0.1, 0.15) is 29.8 Å². The Morgan fingerprint density at radius 2 is 1.86 bits per heavy atom. The van der Waals surface area contributed by atoms with E-state index in [0.717, 1.165) is 6.42 Å². The molecule has 0 atom stereocenters. The molecule has 0 saturated heterocycles. The zero-order valence-electron chi connectivity index (χ0n) is 11.7. The van der Waals surface area contributed by atoms with Gasteiger partial charge in [-0.25, -0.2) is 4.79 Å². The molecule has 1 aromatic heterocycles. The number of carboxylic acid groups (broad SMARTS) is 1. The van der Waals surface area contributed by atoms with E-state index in [2.05, 4.69) is 5.32 Å². The van der Waals surface area contributed by atoms with Crippen LogP contribution in [0.25, 0.3) is 0 Å². The molecule has 0 bridgehead atoms. The van der Waals surface area contributed by atoms with E-state index in [1.807, 2.05) is 18.2 Å². The third-order valence-corrected chi connectivity index (χ3v) is 3.74. The Balaban J connectivity index is 1.68. The Bertz CT molecular complexity index is 688. The number of amides is 1. The van der Waals surface area contributed by atoms with Gasteiger partial charge >= 0.3 is 5.97 Å². The zero-order chi connectivity index (χ0) is 15.6. The summed E-state index contributed by atoms with van der Waals surface area (Å²) >= 11 is 0. The van der Waals surface area contributed by atoms with Crippen molar-refractivity contribution in [2.75, 3.05) is 0 Å². The molecule has 1 saturated carbocycles. The Morgan fingerprint density at radius 3 is 2.45 bits per heavy atom. The largest absolute Gasteiger partial charge is 0.480 e. The van der Waals surface area contributed by atoms with Crippen molar-refractivity contribution in [3.05, 3.63) is 48.2 Å². The Morgan fingerprint density at radius 1 is 1.14 bits per heavy atom. The van der Waals surface area contributed by atoms with Gasteiger partial charge in [0.15, 0.2) is 5.76 Å². The number of benzene rings is 1. The molecule has 6 heteroatoms. The molecule has 1 aliphatic rings. The van der Waals surface area contributed by atoms with Gasteiger partial charge in [-0.15, -0.1) is 0 Å². The molecular weight excluding hydrogens is 286 g/mol. The van der Waals surface area contributed by atoms with Gasteiger partial charge in [0, 0.05) is 6.07 Å². The lowest BCUT2D eigenvalue weighted by Crippen LogP contribution is -2.59. The van der Waals surface area contributed by atoms with Crippen molar-refractivity contribution in [1.82, 2.24) is 5.32 Å². The lowest BCUT2D eigenvalue weighted by Gasteiger charge is -2.37. The third-order valence-electron chi connectivity index (χ3n) is 3.74. The molecule has 0 spiro atoms. The van der Waals surface area contributed by atoms with Crippen molar-refractivity contribution in [2.24, 2.45) is 0 Å². The van der Waals surface area contributed by atoms with Crippen LogP contribution in [0.4, 0.5) is 0 Å². The fourth-order valence-electron chi connectivity index (χ4n) is 2.30. The summed E-state index contributed by atoms with van der Waals surface area (Å²) < 4.78 is 10.8. The normalized spacial score (nSPS) is 15.6. The smallest absolute Gasteiger partial charge is 0.329 e. The van der Waals surface area contributed by atoms with Crippen molar-refractivity contribution in [3.63, 3.8) is 0 Å². The van der Waals surface area contributed by atoms with Crippen molar-refractivity contribution in [2.45, 2.75) is 24.8 Å². The van der Waals surface area contributed by atoms with Crippen LogP contribution in [0.5, 0.6) is 11.7 Å².